The normalized spacial score (nSPS) is 14.5. The monoisotopic (exact) mass is 527 g/mol. The van der Waals surface area contributed by atoms with Gasteiger partial charge in [0.25, 0.3) is 5.91 Å². The first-order valence-electron chi connectivity index (χ1n) is 12.2. The molecule has 0 radical (unpaired) electrons. The zero-order valence-electron chi connectivity index (χ0n) is 21.7. The van der Waals surface area contributed by atoms with E-state index in [9.17, 15) is 4.79 Å². The second-order valence-corrected chi connectivity index (χ2v) is 9.83. The summed E-state index contributed by atoms with van der Waals surface area (Å²) in [6.45, 7) is 3.85. The first kappa shape index (κ1) is 25.4. The number of nitrogens with one attached hydrogen (secondary N) is 2. The summed E-state index contributed by atoms with van der Waals surface area (Å²) >= 11 is 1.55. The van der Waals surface area contributed by atoms with E-state index in [0.29, 0.717) is 33.9 Å². The predicted octanol–water partition coefficient (Wildman–Crippen LogP) is 5.82. The van der Waals surface area contributed by atoms with Crippen molar-refractivity contribution in [1.82, 2.24) is 14.8 Å². The quantitative estimate of drug-likeness (QED) is 0.279. The fourth-order valence-electron chi connectivity index (χ4n) is 4.44. The molecule has 5 rings (SSSR count). The van der Waals surface area contributed by atoms with E-state index in [2.05, 4.69) is 22.8 Å². The van der Waals surface area contributed by atoms with Crippen molar-refractivity contribution in [3.05, 3.63) is 101 Å². The van der Waals surface area contributed by atoms with Crippen molar-refractivity contribution in [2.45, 2.75) is 30.8 Å². The number of carbonyl (C=O) groups is 1. The lowest BCUT2D eigenvalue weighted by Gasteiger charge is -2.29. The number of nitrogens with zero attached hydrogens (tertiary/aromatic N) is 3. The number of fused-ring (bicyclic) bond motifs is 1. The molecule has 1 aliphatic heterocycles. The van der Waals surface area contributed by atoms with E-state index in [1.165, 1.54) is 5.56 Å². The summed E-state index contributed by atoms with van der Waals surface area (Å²) < 4.78 is 12.8. The minimum Gasteiger partial charge on any atom is -0.493 e. The zero-order valence-corrected chi connectivity index (χ0v) is 22.5. The van der Waals surface area contributed by atoms with Gasteiger partial charge in [-0.3, -0.25) is 4.79 Å². The average Bonchev–Trinajstić information content (AvgIpc) is 3.34. The van der Waals surface area contributed by atoms with Crippen LogP contribution in [0.3, 0.4) is 0 Å². The number of amides is 1. The minimum absolute atomic E-state index is 0.219. The summed E-state index contributed by atoms with van der Waals surface area (Å²) in [6.07, 6.45) is 0. The number of benzene rings is 3. The van der Waals surface area contributed by atoms with E-state index in [1.807, 2.05) is 74.5 Å². The van der Waals surface area contributed by atoms with Gasteiger partial charge in [0.1, 0.15) is 6.04 Å². The second kappa shape index (κ2) is 11.0. The van der Waals surface area contributed by atoms with Gasteiger partial charge >= 0.3 is 0 Å². The minimum atomic E-state index is -0.534. The maximum absolute atomic E-state index is 13.8. The van der Waals surface area contributed by atoms with Crippen molar-refractivity contribution in [2.24, 2.45) is 0 Å². The molecule has 1 aromatic heterocycles. The number of para-hydroxylation sites is 1. The van der Waals surface area contributed by atoms with Crippen molar-refractivity contribution < 1.29 is 14.3 Å². The fraction of sp³-hybridized carbons (Fsp3) is 0.207. The number of ether oxygens (including phenoxy) is 2. The fourth-order valence-corrected chi connectivity index (χ4v) is 5.23. The third-order valence-electron chi connectivity index (χ3n) is 6.41. The molecule has 2 heterocycles. The molecule has 0 aliphatic carbocycles. The summed E-state index contributed by atoms with van der Waals surface area (Å²) in [6, 6.07) is 23.0. The number of methoxy groups -OCH3 is 2. The molecule has 0 saturated heterocycles. The van der Waals surface area contributed by atoms with E-state index in [-0.39, 0.29) is 5.91 Å². The average molecular weight is 528 g/mol. The Morgan fingerprint density at radius 2 is 1.74 bits per heavy atom. The number of carbonyl (C=O) groups excluding carboxylic acids is 1. The molecular formula is C29H29N5O3S. The Bertz CT molecular complexity index is 1500. The Morgan fingerprint density at radius 1 is 1.00 bits per heavy atom. The SMILES string of the molecule is COc1ccc(C2C(C(=O)Nc3ccccc3C)=C(C)Nc3nc(SCc4ccccc4)nn32)cc1OC. The molecule has 194 valence electrons. The maximum Gasteiger partial charge on any atom is 0.255 e. The number of allylic oxidation sites excluding steroid dienone is 1. The van der Waals surface area contributed by atoms with Crippen LogP contribution in [0.25, 0.3) is 0 Å². The van der Waals surface area contributed by atoms with E-state index in [0.717, 1.165) is 22.6 Å². The number of thioether (sulfide) groups is 1. The van der Waals surface area contributed by atoms with Gasteiger partial charge in [-0.1, -0.05) is 66.4 Å². The van der Waals surface area contributed by atoms with Gasteiger partial charge in [0, 0.05) is 17.1 Å². The largest absolute Gasteiger partial charge is 0.493 e. The molecule has 0 fully saturated rings. The molecule has 1 atom stereocenters. The number of hydrogen-bond donors (Lipinski definition) is 2. The van der Waals surface area contributed by atoms with Crippen LogP contribution >= 0.6 is 11.8 Å². The second-order valence-electron chi connectivity index (χ2n) is 8.89. The maximum atomic E-state index is 13.8. The summed E-state index contributed by atoms with van der Waals surface area (Å²) in [5, 5.41) is 11.8. The molecule has 1 unspecified atom stereocenters. The molecule has 0 bridgehead atoms. The van der Waals surface area contributed by atoms with Crippen LogP contribution in [0, 0.1) is 6.92 Å². The first-order valence-corrected chi connectivity index (χ1v) is 13.2. The van der Waals surface area contributed by atoms with Gasteiger partial charge in [0.2, 0.25) is 11.1 Å². The van der Waals surface area contributed by atoms with Crippen molar-refractivity contribution in [3.8, 4) is 11.5 Å². The molecule has 0 saturated carbocycles. The van der Waals surface area contributed by atoms with E-state index >= 15 is 0 Å². The lowest BCUT2D eigenvalue weighted by Crippen LogP contribution is -2.31. The van der Waals surface area contributed by atoms with Crippen LogP contribution in [0.15, 0.2) is 89.2 Å². The smallest absolute Gasteiger partial charge is 0.255 e. The van der Waals surface area contributed by atoms with E-state index in [1.54, 1.807) is 30.7 Å². The van der Waals surface area contributed by atoms with Crippen LogP contribution < -0.4 is 20.1 Å². The van der Waals surface area contributed by atoms with Crippen molar-refractivity contribution >= 4 is 29.3 Å². The summed E-state index contributed by atoms with van der Waals surface area (Å²) in [7, 11) is 3.19. The highest BCUT2D eigenvalue weighted by molar-refractivity contribution is 7.98. The van der Waals surface area contributed by atoms with E-state index in [4.69, 9.17) is 19.6 Å². The molecule has 0 spiro atoms. The number of anilines is 2. The van der Waals surface area contributed by atoms with Crippen LogP contribution in [-0.4, -0.2) is 34.9 Å². The Kier molecular flexibility index (Phi) is 7.37. The lowest BCUT2D eigenvalue weighted by atomic mass is 9.94. The van der Waals surface area contributed by atoms with Crippen molar-refractivity contribution in [1.29, 1.82) is 0 Å². The molecule has 1 aliphatic rings. The molecule has 9 heteroatoms. The molecular weight excluding hydrogens is 498 g/mol. The highest BCUT2D eigenvalue weighted by Gasteiger charge is 2.35. The predicted molar refractivity (Wildman–Crippen MR) is 150 cm³/mol. The van der Waals surface area contributed by atoms with Gasteiger partial charge in [0.05, 0.1) is 19.8 Å². The first-order chi connectivity index (χ1) is 18.5. The Hall–Kier alpha value is -4.24. The van der Waals surface area contributed by atoms with Crippen LogP contribution in [0.4, 0.5) is 11.6 Å². The van der Waals surface area contributed by atoms with Gasteiger partial charge in [0.15, 0.2) is 11.5 Å². The van der Waals surface area contributed by atoms with Crippen LogP contribution in [0.1, 0.15) is 29.7 Å². The number of aromatic nitrogens is 3. The van der Waals surface area contributed by atoms with Gasteiger partial charge in [-0.05, 0) is 48.7 Å². The van der Waals surface area contributed by atoms with Crippen LogP contribution in [-0.2, 0) is 10.5 Å². The van der Waals surface area contributed by atoms with Gasteiger partial charge in [-0.25, -0.2) is 4.68 Å². The van der Waals surface area contributed by atoms with Crippen LogP contribution in [0.2, 0.25) is 0 Å². The Morgan fingerprint density at radius 3 is 2.47 bits per heavy atom. The molecule has 2 N–H and O–H groups in total. The van der Waals surface area contributed by atoms with Crippen molar-refractivity contribution in [3.63, 3.8) is 0 Å². The molecule has 4 aromatic rings. The third kappa shape index (κ3) is 5.10. The number of aryl methyl sites for hydroxylation is 1. The van der Waals surface area contributed by atoms with Gasteiger partial charge < -0.3 is 20.1 Å². The standard InChI is InChI=1S/C29H29N5O3S/c1-18-10-8-9-13-22(18)31-27(35)25-19(2)30-28-32-29(38-17-20-11-6-5-7-12-20)33-34(28)26(25)21-14-15-23(36-3)24(16-21)37-4/h5-16,26H,17H2,1-4H3,(H,31,35)(H,30,32,33). The highest BCUT2D eigenvalue weighted by atomic mass is 32.2. The summed E-state index contributed by atoms with van der Waals surface area (Å²) in [4.78, 5) is 18.5. The number of rotatable bonds is 8. The molecule has 3 aromatic carbocycles. The third-order valence-corrected chi connectivity index (χ3v) is 7.31. The van der Waals surface area contributed by atoms with Crippen molar-refractivity contribution in [2.75, 3.05) is 24.9 Å². The number of hydrogen-bond acceptors (Lipinski definition) is 7. The highest BCUT2D eigenvalue weighted by Crippen LogP contribution is 2.40. The molecule has 8 nitrogen and oxygen atoms in total. The van der Waals surface area contributed by atoms with Gasteiger partial charge in [-0.15, -0.1) is 5.10 Å². The molecule has 1 amide bonds. The summed E-state index contributed by atoms with van der Waals surface area (Å²) in [5.41, 5.74) is 4.98. The summed E-state index contributed by atoms with van der Waals surface area (Å²) in [5.74, 6) is 2.27. The van der Waals surface area contributed by atoms with Crippen LogP contribution in [0.5, 0.6) is 11.5 Å². The Labute approximate surface area is 226 Å². The topological polar surface area (TPSA) is 90.3 Å². The Balaban J connectivity index is 1.54. The zero-order chi connectivity index (χ0) is 26.6. The molecule has 38 heavy (non-hydrogen) atoms. The van der Waals surface area contributed by atoms with Gasteiger partial charge in [-0.2, -0.15) is 4.98 Å². The van der Waals surface area contributed by atoms with E-state index < -0.39 is 6.04 Å². The lowest BCUT2D eigenvalue weighted by molar-refractivity contribution is -0.113.